The van der Waals surface area contributed by atoms with Crippen LogP contribution in [0.1, 0.15) is 25.8 Å². The Hall–Kier alpha value is -1.31. The van der Waals surface area contributed by atoms with Crippen molar-refractivity contribution in [1.82, 2.24) is 0 Å². The van der Waals surface area contributed by atoms with Crippen molar-refractivity contribution in [1.29, 1.82) is 0 Å². The predicted octanol–water partition coefficient (Wildman–Crippen LogP) is 2.13. The Kier molecular flexibility index (Phi) is 6.60. The first-order valence-corrected chi connectivity index (χ1v) is 4.52. The Bertz CT molecular complexity index is 231. The molecular weight excluding hydrogens is 162 g/mol. The smallest absolute Gasteiger partial charge is 0.217 e. The lowest BCUT2D eigenvalue weighted by Crippen LogP contribution is -2.06. The second-order valence-corrected chi connectivity index (χ2v) is 2.66. The van der Waals surface area contributed by atoms with E-state index in [0.29, 0.717) is 6.42 Å². The third kappa shape index (κ3) is 7.06. The van der Waals surface area contributed by atoms with E-state index >= 15 is 0 Å². The molecule has 0 atom stereocenters. The Balaban J connectivity index is 0.000000252. The van der Waals surface area contributed by atoms with E-state index in [0.717, 1.165) is 6.42 Å². The lowest BCUT2D eigenvalue weighted by molar-refractivity contribution is -0.117. The minimum atomic E-state index is -0.245. The van der Waals surface area contributed by atoms with Crippen molar-refractivity contribution < 1.29 is 4.79 Å². The number of amides is 1. The second kappa shape index (κ2) is 7.35. The van der Waals surface area contributed by atoms with Crippen molar-refractivity contribution in [3.63, 3.8) is 0 Å². The highest BCUT2D eigenvalue weighted by Crippen LogP contribution is 1.96. The van der Waals surface area contributed by atoms with Gasteiger partial charge in [-0.2, -0.15) is 0 Å². The molecule has 72 valence electrons. The molecule has 0 fully saturated rings. The van der Waals surface area contributed by atoms with E-state index in [4.69, 9.17) is 0 Å². The van der Waals surface area contributed by atoms with Gasteiger partial charge in [0.25, 0.3) is 0 Å². The minimum Gasteiger partial charge on any atom is -0.370 e. The van der Waals surface area contributed by atoms with Crippen LogP contribution in [0, 0.1) is 0 Å². The van der Waals surface area contributed by atoms with Crippen molar-refractivity contribution in [3.8, 4) is 0 Å². The summed E-state index contributed by atoms with van der Waals surface area (Å²) in [5.74, 6) is -0.245. The van der Waals surface area contributed by atoms with Crippen LogP contribution in [-0.2, 0) is 11.2 Å². The molecule has 0 aromatic heterocycles. The largest absolute Gasteiger partial charge is 0.370 e. The summed E-state index contributed by atoms with van der Waals surface area (Å²) in [7, 11) is 0. The number of hydrogen-bond acceptors (Lipinski definition) is 1. The molecule has 2 N–H and O–H groups in total. The molecule has 0 aliphatic rings. The van der Waals surface area contributed by atoms with E-state index < -0.39 is 0 Å². The summed E-state index contributed by atoms with van der Waals surface area (Å²) in [6.07, 6.45) is 1.58. The maximum absolute atomic E-state index is 9.59. The van der Waals surface area contributed by atoms with Gasteiger partial charge in [-0.05, 0) is 12.0 Å². The van der Waals surface area contributed by atoms with Crippen LogP contribution in [0.4, 0.5) is 0 Å². The summed E-state index contributed by atoms with van der Waals surface area (Å²) in [6.45, 7) is 3.89. The van der Waals surface area contributed by atoms with Crippen LogP contribution in [0.3, 0.4) is 0 Å². The fourth-order valence-electron chi connectivity index (χ4n) is 0.714. The Morgan fingerprint density at radius 2 is 1.69 bits per heavy atom. The van der Waals surface area contributed by atoms with Gasteiger partial charge in [0, 0.05) is 6.42 Å². The summed E-state index contributed by atoms with van der Waals surface area (Å²) < 4.78 is 0. The monoisotopic (exact) mass is 179 g/mol. The average Bonchev–Trinajstić information content (AvgIpc) is 2.20. The Morgan fingerprint density at radius 1 is 1.23 bits per heavy atom. The maximum Gasteiger partial charge on any atom is 0.217 e. The van der Waals surface area contributed by atoms with Gasteiger partial charge in [-0.3, -0.25) is 4.79 Å². The minimum absolute atomic E-state index is 0.245. The number of hydrogen-bond donors (Lipinski definition) is 1. The van der Waals surface area contributed by atoms with Crippen LogP contribution in [0.25, 0.3) is 0 Å². The lowest BCUT2D eigenvalue weighted by Gasteiger charge is -1.89. The standard InChI is InChI=1S/C8H10.C3H7NO/c1-2-8-6-4-3-5-7-8;1-2-3(4)5/h3-7H,2H2,1H3;2H2,1H3,(H2,4,5). The first-order valence-electron chi connectivity index (χ1n) is 4.52. The van der Waals surface area contributed by atoms with Crippen LogP contribution < -0.4 is 5.73 Å². The summed E-state index contributed by atoms with van der Waals surface area (Å²) >= 11 is 0. The molecule has 0 aliphatic heterocycles. The number of primary amides is 1. The van der Waals surface area contributed by atoms with Crippen LogP contribution in [-0.4, -0.2) is 5.91 Å². The number of rotatable bonds is 2. The average molecular weight is 179 g/mol. The molecule has 0 unspecified atom stereocenters. The van der Waals surface area contributed by atoms with Crippen LogP contribution in [0.15, 0.2) is 30.3 Å². The molecule has 2 nitrogen and oxygen atoms in total. The molecule has 0 radical (unpaired) electrons. The van der Waals surface area contributed by atoms with E-state index in [1.165, 1.54) is 5.56 Å². The molecule has 2 heteroatoms. The summed E-state index contributed by atoms with van der Waals surface area (Å²) in [4.78, 5) is 9.59. The molecule has 0 saturated carbocycles. The van der Waals surface area contributed by atoms with E-state index in [9.17, 15) is 4.79 Å². The fraction of sp³-hybridized carbons (Fsp3) is 0.364. The number of aryl methyl sites for hydroxylation is 1. The molecule has 0 spiro atoms. The van der Waals surface area contributed by atoms with Crippen LogP contribution in [0.2, 0.25) is 0 Å². The van der Waals surface area contributed by atoms with Crippen molar-refractivity contribution in [2.75, 3.05) is 0 Å². The van der Waals surface area contributed by atoms with Crippen LogP contribution >= 0.6 is 0 Å². The van der Waals surface area contributed by atoms with E-state index in [-0.39, 0.29) is 5.91 Å². The second-order valence-electron chi connectivity index (χ2n) is 2.66. The van der Waals surface area contributed by atoms with Gasteiger partial charge in [-0.1, -0.05) is 44.2 Å². The molecule has 13 heavy (non-hydrogen) atoms. The summed E-state index contributed by atoms with van der Waals surface area (Å²) in [5.41, 5.74) is 6.06. The van der Waals surface area contributed by atoms with Gasteiger partial charge in [0.05, 0.1) is 0 Å². The third-order valence-electron chi connectivity index (χ3n) is 1.60. The molecule has 0 bridgehead atoms. The van der Waals surface area contributed by atoms with Gasteiger partial charge in [-0.25, -0.2) is 0 Å². The zero-order chi connectivity index (χ0) is 10.1. The quantitative estimate of drug-likeness (QED) is 0.742. The SMILES string of the molecule is CCC(N)=O.CCc1ccccc1. The Morgan fingerprint density at radius 3 is 1.92 bits per heavy atom. The van der Waals surface area contributed by atoms with Gasteiger partial charge in [0.15, 0.2) is 0 Å². The highest BCUT2D eigenvalue weighted by Gasteiger charge is 1.80. The first-order chi connectivity index (χ1) is 6.20. The molecule has 0 saturated heterocycles. The van der Waals surface area contributed by atoms with Gasteiger partial charge in [-0.15, -0.1) is 0 Å². The number of nitrogens with two attached hydrogens (primary N) is 1. The first kappa shape index (κ1) is 11.7. The third-order valence-corrected chi connectivity index (χ3v) is 1.60. The predicted molar refractivity (Wildman–Crippen MR) is 55.3 cm³/mol. The molecular formula is C11H17NO. The van der Waals surface area contributed by atoms with Gasteiger partial charge >= 0.3 is 0 Å². The molecule has 0 heterocycles. The number of carbonyl (C=O) groups excluding carboxylic acids is 1. The zero-order valence-corrected chi connectivity index (χ0v) is 8.29. The Labute approximate surface area is 79.8 Å². The normalized spacial score (nSPS) is 8.46. The summed E-state index contributed by atoms with van der Waals surface area (Å²) in [6, 6.07) is 10.5. The fourth-order valence-corrected chi connectivity index (χ4v) is 0.714. The molecule has 1 amide bonds. The van der Waals surface area contributed by atoms with Crippen molar-refractivity contribution >= 4 is 5.91 Å². The van der Waals surface area contributed by atoms with E-state index in [1.54, 1.807) is 6.92 Å². The van der Waals surface area contributed by atoms with Gasteiger partial charge in [0.2, 0.25) is 5.91 Å². The number of carbonyl (C=O) groups is 1. The lowest BCUT2D eigenvalue weighted by atomic mass is 10.2. The van der Waals surface area contributed by atoms with Crippen molar-refractivity contribution in [2.24, 2.45) is 5.73 Å². The molecule has 1 aromatic rings. The highest BCUT2D eigenvalue weighted by molar-refractivity contribution is 5.73. The summed E-state index contributed by atoms with van der Waals surface area (Å²) in [5, 5.41) is 0. The van der Waals surface area contributed by atoms with E-state index in [1.807, 2.05) is 6.07 Å². The zero-order valence-electron chi connectivity index (χ0n) is 8.29. The van der Waals surface area contributed by atoms with Crippen molar-refractivity contribution in [2.45, 2.75) is 26.7 Å². The van der Waals surface area contributed by atoms with Gasteiger partial charge < -0.3 is 5.73 Å². The van der Waals surface area contributed by atoms with Crippen molar-refractivity contribution in [3.05, 3.63) is 35.9 Å². The topological polar surface area (TPSA) is 43.1 Å². The van der Waals surface area contributed by atoms with E-state index in [2.05, 4.69) is 36.9 Å². The highest BCUT2D eigenvalue weighted by atomic mass is 16.1. The molecule has 1 aromatic carbocycles. The maximum atomic E-state index is 9.59. The van der Waals surface area contributed by atoms with Crippen LogP contribution in [0.5, 0.6) is 0 Å². The number of benzene rings is 1. The van der Waals surface area contributed by atoms with Gasteiger partial charge in [0.1, 0.15) is 0 Å². The molecule has 1 rings (SSSR count). The molecule has 0 aliphatic carbocycles.